The minimum absolute atomic E-state index is 0.193. The van der Waals surface area contributed by atoms with Crippen LogP contribution in [0.4, 0.5) is 11.4 Å². The van der Waals surface area contributed by atoms with Crippen molar-refractivity contribution >= 4 is 17.3 Å². The number of aromatic nitrogens is 6. The van der Waals surface area contributed by atoms with Gasteiger partial charge in [-0.1, -0.05) is 0 Å². The van der Waals surface area contributed by atoms with E-state index in [1.165, 1.54) is 23.5 Å². The zero-order chi connectivity index (χ0) is 13.9. The van der Waals surface area contributed by atoms with Crippen LogP contribution < -0.4 is 11.1 Å². The van der Waals surface area contributed by atoms with E-state index in [0.29, 0.717) is 11.5 Å². The van der Waals surface area contributed by atoms with Crippen LogP contribution in [-0.4, -0.2) is 35.9 Å². The highest BCUT2D eigenvalue weighted by molar-refractivity contribution is 6.06. The number of rotatable bonds is 3. The third-order valence-corrected chi connectivity index (χ3v) is 2.57. The first-order chi connectivity index (χ1) is 9.75. The molecule has 0 saturated heterocycles. The van der Waals surface area contributed by atoms with Crippen molar-refractivity contribution < 1.29 is 4.79 Å². The molecule has 0 aliphatic carbocycles. The van der Waals surface area contributed by atoms with E-state index in [9.17, 15) is 4.79 Å². The Labute approximate surface area is 112 Å². The SMILES string of the molecule is Nc1cn[nH]c1C(=O)Nc1cccnc1-n1cncn1. The van der Waals surface area contributed by atoms with E-state index in [1.54, 1.807) is 18.3 Å². The van der Waals surface area contributed by atoms with Crippen LogP contribution in [0.1, 0.15) is 10.5 Å². The van der Waals surface area contributed by atoms with Gasteiger partial charge in [-0.15, -0.1) is 0 Å². The highest BCUT2D eigenvalue weighted by atomic mass is 16.2. The largest absolute Gasteiger partial charge is 0.396 e. The average molecular weight is 270 g/mol. The van der Waals surface area contributed by atoms with E-state index < -0.39 is 5.91 Å². The molecule has 3 rings (SSSR count). The first-order valence-electron chi connectivity index (χ1n) is 5.66. The number of hydrogen-bond acceptors (Lipinski definition) is 6. The Balaban J connectivity index is 1.92. The second-order valence-corrected chi connectivity index (χ2v) is 3.87. The molecule has 0 saturated carbocycles. The first-order valence-corrected chi connectivity index (χ1v) is 5.66. The molecule has 3 heterocycles. The fourth-order valence-electron chi connectivity index (χ4n) is 1.66. The first kappa shape index (κ1) is 11.8. The predicted octanol–water partition coefficient (Wildman–Crippen LogP) is 0.220. The minimum Gasteiger partial charge on any atom is -0.396 e. The second-order valence-electron chi connectivity index (χ2n) is 3.87. The van der Waals surface area contributed by atoms with Crippen LogP contribution in [0.25, 0.3) is 5.82 Å². The molecule has 9 heteroatoms. The van der Waals surface area contributed by atoms with Crippen molar-refractivity contribution in [1.82, 2.24) is 29.9 Å². The van der Waals surface area contributed by atoms with Crippen LogP contribution >= 0.6 is 0 Å². The van der Waals surface area contributed by atoms with Gasteiger partial charge < -0.3 is 11.1 Å². The molecular formula is C11H10N8O. The molecule has 0 bridgehead atoms. The fraction of sp³-hybridized carbons (Fsp3) is 0. The molecule has 0 spiro atoms. The smallest absolute Gasteiger partial charge is 0.275 e. The molecule has 1 amide bonds. The van der Waals surface area contributed by atoms with E-state index in [4.69, 9.17) is 5.73 Å². The van der Waals surface area contributed by atoms with Gasteiger partial charge in [-0.3, -0.25) is 9.89 Å². The summed E-state index contributed by atoms with van der Waals surface area (Å²) in [6.45, 7) is 0. The Morgan fingerprint density at radius 2 is 2.35 bits per heavy atom. The van der Waals surface area contributed by atoms with Crippen molar-refractivity contribution in [3.05, 3.63) is 42.9 Å². The lowest BCUT2D eigenvalue weighted by Gasteiger charge is -2.08. The van der Waals surface area contributed by atoms with E-state index in [-0.39, 0.29) is 11.4 Å². The lowest BCUT2D eigenvalue weighted by molar-refractivity contribution is 0.102. The summed E-state index contributed by atoms with van der Waals surface area (Å²) in [6.07, 6.45) is 5.84. The van der Waals surface area contributed by atoms with Crippen molar-refractivity contribution in [2.75, 3.05) is 11.1 Å². The molecule has 4 N–H and O–H groups in total. The summed E-state index contributed by atoms with van der Waals surface area (Å²) in [7, 11) is 0. The molecular weight excluding hydrogens is 260 g/mol. The van der Waals surface area contributed by atoms with Crippen LogP contribution in [0.3, 0.4) is 0 Å². The van der Waals surface area contributed by atoms with Gasteiger partial charge in [-0.25, -0.2) is 14.6 Å². The van der Waals surface area contributed by atoms with E-state index >= 15 is 0 Å². The third kappa shape index (κ3) is 2.07. The Kier molecular flexibility index (Phi) is 2.84. The number of amides is 1. The topological polar surface area (TPSA) is 127 Å². The molecule has 0 aromatic carbocycles. The summed E-state index contributed by atoms with van der Waals surface area (Å²) in [6, 6.07) is 3.40. The molecule has 0 radical (unpaired) electrons. The summed E-state index contributed by atoms with van der Waals surface area (Å²) < 4.78 is 1.45. The number of nitrogen functional groups attached to an aromatic ring is 1. The van der Waals surface area contributed by atoms with Crippen molar-refractivity contribution in [3.8, 4) is 5.82 Å². The van der Waals surface area contributed by atoms with Crippen LogP contribution in [0.5, 0.6) is 0 Å². The normalized spacial score (nSPS) is 10.4. The van der Waals surface area contributed by atoms with Crippen molar-refractivity contribution in [2.24, 2.45) is 0 Å². The summed E-state index contributed by atoms with van der Waals surface area (Å²) in [4.78, 5) is 20.1. The Morgan fingerprint density at radius 3 is 3.05 bits per heavy atom. The molecule has 20 heavy (non-hydrogen) atoms. The Morgan fingerprint density at radius 1 is 1.45 bits per heavy atom. The molecule has 0 fully saturated rings. The van der Waals surface area contributed by atoms with Gasteiger partial charge in [0.05, 0.1) is 17.6 Å². The summed E-state index contributed by atoms with van der Waals surface area (Å²) >= 11 is 0. The number of hydrogen-bond donors (Lipinski definition) is 3. The third-order valence-electron chi connectivity index (χ3n) is 2.57. The zero-order valence-electron chi connectivity index (χ0n) is 10.2. The van der Waals surface area contributed by atoms with Crippen molar-refractivity contribution in [2.45, 2.75) is 0 Å². The number of nitrogens with zero attached hydrogens (tertiary/aromatic N) is 5. The van der Waals surface area contributed by atoms with Gasteiger partial charge in [0.15, 0.2) is 5.82 Å². The molecule has 100 valence electrons. The molecule has 0 aliphatic heterocycles. The molecule has 0 aliphatic rings. The van der Waals surface area contributed by atoms with Gasteiger partial charge in [0.2, 0.25) is 0 Å². The summed E-state index contributed by atoms with van der Waals surface area (Å²) in [5, 5.41) is 12.9. The average Bonchev–Trinajstić information content (AvgIpc) is 3.10. The number of anilines is 2. The molecule has 3 aromatic heterocycles. The number of H-pyrrole nitrogens is 1. The standard InChI is InChI=1S/C11H10N8O/c12-7-4-15-18-9(7)11(20)17-8-2-1-3-14-10(8)19-6-13-5-16-19/h1-6H,12H2,(H,15,18)(H,17,20). The van der Waals surface area contributed by atoms with Crippen LogP contribution in [0, 0.1) is 0 Å². The van der Waals surface area contributed by atoms with Crippen molar-refractivity contribution in [1.29, 1.82) is 0 Å². The van der Waals surface area contributed by atoms with Gasteiger partial charge >= 0.3 is 0 Å². The number of carbonyl (C=O) groups is 1. The highest BCUT2D eigenvalue weighted by Crippen LogP contribution is 2.17. The maximum Gasteiger partial charge on any atom is 0.275 e. The number of carbonyl (C=O) groups excluding carboxylic acids is 1. The number of pyridine rings is 1. The van der Waals surface area contributed by atoms with E-state index in [0.717, 1.165) is 0 Å². The van der Waals surface area contributed by atoms with Crippen LogP contribution in [-0.2, 0) is 0 Å². The molecule has 9 nitrogen and oxygen atoms in total. The van der Waals surface area contributed by atoms with Gasteiger partial charge in [-0.05, 0) is 12.1 Å². The maximum absolute atomic E-state index is 12.1. The Hall–Kier alpha value is -3.23. The number of aromatic amines is 1. The second kappa shape index (κ2) is 4.80. The zero-order valence-corrected chi connectivity index (χ0v) is 10.2. The summed E-state index contributed by atoms with van der Waals surface area (Å²) in [5.74, 6) is 0.0470. The van der Waals surface area contributed by atoms with Gasteiger partial charge in [0.25, 0.3) is 5.91 Å². The van der Waals surface area contributed by atoms with Gasteiger partial charge in [0, 0.05) is 6.20 Å². The molecule has 0 atom stereocenters. The maximum atomic E-state index is 12.1. The lowest BCUT2D eigenvalue weighted by Crippen LogP contribution is -2.16. The number of nitrogens with one attached hydrogen (secondary N) is 2. The lowest BCUT2D eigenvalue weighted by atomic mass is 10.3. The Bertz CT molecular complexity index is 732. The molecule has 0 unspecified atom stereocenters. The number of nitrogens with two attached hydrogens (primary N) is 1. The van der Waals surface area contributed by atoms with Crippen LogP contribution in [0.15, 0.2) is 37.2 Å². The van der Waals surface area contributed by atoms with E-state index in [2.05, 4.69) is 30.6 Å². The van der Waals surface area contributed by atoms with E-state index in [1.807, 2.05) is 0 Å². The fourth-order valence-corrected chi connectivity index (χ4v) is 1.66. The minimum atomic E-state index is -0.408. The van der Waals surface area contributed by atoms with Crippen LogP contribution in [0.2, 0.25) is 0 Å². The highest BCUT2D eigenvalue weighted by Gasteiger charge is 2.15. The predicted molar refractivity (Wildman–Crippen MR) is 70.1 cm³/mol. The molecule has 3 aromatic rings. The van der Waals surface area contributed by atoms with Crippen molar-refractivity contribution in [3.63, 3.8) is 0 Å². The summed E-state index contributed by atoms with van der Waals surface area (Å²) in [5.41, 5.74) is 6.58. The quantitative estimate of drug-likeness (QED) is 0.624. The van der Waals surface area contributed by atoms with Gasteiger partial charge in [-0.2, -0.15) is 10.2 Å². The van der Waals surface area contributed by atoms with Gasteiger partial charge in [0.1, 0.15) is 18.3 Å². The monoisotopic (exact) mass is 270 g/mol.